The predicted octanol–water partition coefficient (Wildman–Crippen LogP) is 2.16. The second-order valence-corrected chi connectivity index (χ2v) is 5.91. The van der Waals surface area contributed by atoms with Crippen molar-refractivity contribution in [3.05, 3.63) is 34.9 Å². The minimum absolute atomic E-state index is 0.0866. The molecule has 1 aromatic carbocycles. The molecule has 2 atom stereocenters. The number of carbonyl (C=O) groups excluding carboxylic acids is 3. The van der Waals surface area contributed by atoms with Gasteiger partial charge in [0, 0.05) is 0 Å². The van der Waals surface area contributed by atoms with Crippen molar-refractivity contribution >= 4 is 17.8 Å². The van der Waals surface area contributed by atoms with Crippen LogP contribution in [-0.4, -0.2) is 37.6 Å². The maximum atomic E-state index is 12.0. The summed E-state index contributed by atoms with van der Waals surface area (Å²) in [5, 5.41) is 2.56. The largest absolute Gasteiger partial charge is 0.467 e. The molecule has 6 heteroatoms. The Morgan fingerprint density at radius 3 is 2.21 bits per heavy atom. The van der Waals surface area contributed by atoms with Gasteiger partial charge in [-0.25, -0.2) is 9.59 Å². The maximum absolute atomic E-state index is 12.0. The summed E-state index contributed by atoms with van der Waals surface area (Å²) in [6.45, 7) is 7.05. The highest BCUT2D eigenvalue weighted by Crippen LogP contribution is 2.11. The van der Waals surface area contributed by atoms with Crippen molar-refractivity contribution in [1.82, 2.24) is 5.32 Å². The topological polar surface area (TPSA) is 81.7 Å². The quantitative estimate of drug-likeness (QED) is 0.772. The normalized spacial score (nSPS) is 12.9. The number of hydrogen-bond acceptors (Lipinski definition) is 5. The molecule has 0 aromatic heterocycles. The van der Waals surface area contributed by atoms with Crippen LogP contribution in [0.3, 0.4) is 0 Å². The third kappa shape index (κ3) is 5.68. The summed E-state index contributed by atoms with van der Waals surface area (Å²) in [5.74, 6) is -1.71. The molecule has 24 heavy (non-hydrogen) atoms. The third-order valence-corrected chi connectivity index (χ3v) is 3.78. The molecule has 1 rings (SSSR count). The lowest BCUT2D eigenvalue weighted by Gasteiger charge is -2.21. The number of carbonyl (C=O) groups is 3. The van der Waals surface area contributed by atoms with E-state index in [4.69, 9.17) is 9.47 Å². The van der Waals surface area contributed by atoms with E-state index in [1.165, 1.54) is 7.11 Å². The molecule has 0 aliphatic heterocycles. The molecule has 0 bridgehead atoms. The molecule has 0 aliphatic rings. The molecule has 0 aliphatic carbocycles. The summed E-state index contributed by atoms with van der Waals surface area (Å²) in [6.07, 6.45) is 0.697. The predicted molar refractivity (Wildman–Crippen MR) is 89.6 cm³/mol. The van der Waals surface area contributed by atoms with Crippen molar-refractivity contribution in [1.29, 1.82) is 0 Å². The van der Waals surface area contributed by atoms with E-state index in [1.807, 2.05) is 33.8 Å². The standard InChI is InChI=1S/C18H25NO5/c1-6-13(4)16(18(22)23-5)19-15(20)10-24-17(21)14-8-11(2)7-12(3)9-14/h7-9,13,16H,6,10H2,1-5H3,(H,19,20)/t13-,16-/m1/s1. The fourth-order valence-electron chi connectivity index (χ4n) is 2.32. The molecule has 0 radical (unpaired) electrons. The van der Waals surface area contributed by atoms with Crippen LogP contribution in [0.15, 0.2) is 18.2 Å². The van der Waals surface area contributed by atoms with E-state index >= 15 is 0 Å². The van der Waals surface area contributed by atoms with Gasteiger partial charge < -0.3 is 14.8 Å². The molecule has 1 N–H and O–H groups in total. The molecule has 1 aromatic rings. The van der Waals surface area contributed by atoms with Gasteiger partial charge in [-0.05, 0) is 31.9 Å². The molecule has 0 saturated carbocycles. The van der Waals surface area contributed by atoms with Gasteiger partial charge in [0.1, 0.15) is 6.04 Å². The Kier molecular flexibility index (Phi) is 7.42. The number of aryl methyl sites for hydroxylation is 2. The molecular weight excluding hydrogens is 310 g/mol. The van der Waals surface area contributed by atoms with Gasteiger partial charge in [-0.3, -0.25) is 4.79 Å². The van der Waals surface area contributed by atoms with Crippen molar-refractivity contribution in [2.75, 3.05) is 13.7 Å². The summed E-state index contributed by atoms with van der Waals surface area (Å²) in [7, 11) is 1.27. The van der Waals surface area contributed by atoms with Crippen LogP contribution in [0.4, 0.5) is 0 Å². The van der Waals surface area contributed by atoms with Crippen molar-refractivity contribution in [3.63, 3.8) is 0 Å². The first-order valence-electron chi connectivity index (χ1n) is 7.91. The lowest BCUT2D eigenvalue weighted by Crippen LogP contribution is -2.47. The van der Waals surface area contributed by atoms with E-state index in [0.717, 1.165) is 11.1 Å². The van der Waals surface area contributed by atoms with Gasteiger partial charge >= 0.3 is 11.9 Å². The Labute approximate surface area is 142 Å². The van der Waals surface area contributed by atoms with Gasteiger partial charge in [-0.2, -0.15) is 0 Å². The van der Waals surface area contributed by atoms with Gasteiger partial charge in [0.15, 0.2) is 6.61 Å². The number of rotatable bonds is 7. The number of esters is 2. The molecule has 0 spiro atoms. The zero-order valence-corrected chi connectivity index (χ0v) is 14.8. The Balaban J connectivity index is 2.64. The highest BCUT2D eigenvalue weighted by atomic mass is 16.5. The van der Waals surface area contributed by atoms with Crippen LogP contribution in [0, 0.1) is 19.8 Å². The number of methoxy groups -OCH3 is 1. The molecular formula is C18H25NO5. The Bertz CT molecular complexity index is 591. The van der Waals surface area contributed by atoms with Crippen LogP contribution < -0.4 is 5.32 Å². The minimum Gasteiger partial charge on any atom is -0.467 e. The number of nitrogens with one attached hydrogen (secondary N) is 1. The summed E-state index contributed by atoms with van der Waals surface area (Å²) >= 11 is 0. The van der Waals surface area contributed by atoms with E-state index in [0.29, 0.717) is 12.0 Å². The van der Waals surface area contributed by atoms with Crippen LogP contribution in [0.1, 0.15) is 41.8 Å². The fraction of sp³-hybridized carbons (Fsp3) is 0.500. The van der Waals surface area contributed by atoms with E-state index in [-0.39, 0.29) is 5.92 Å². The first-order chi connectivity index (χ1) is 11.3. The van der Waals surface area contributed by atoms with Crippen molar-refractivity contribution < 1.29 is 23.9 Å². The molecule has 1 amide bonds. The van der Waals surface area contributed by atoms with Crippen LogP contribution in [0.2, 0.25) is 0 Å². The Morgan fingerprint density at radius 2 is 1.71 bits per heavy atom. The van der Waals surface area contributed by atoms with E-state index in [1.54, 1.807) is 12.1 Å². The minimum atomic E-state index is -0.757. The zero-order chi connectivity index (χ0) is 18.3. The molecule has 0 unspecified atom stereocenters. The van der Waals surface area contributed by atoms with Gasteiger partial charge in [0.05, 0.1) is 12.7 Å². The number of benzene rings is 1. The van der Waals surface area contributed by atoms with Gasteiger partial charge in [0.2, 0.25) is 0 Å². The molecule has 0 fully saturated rings. The Morgan fingerprint density at radius 1 is 1.12 bits per heavy atom. The summed E-state index contributed by atoms with van der Waals surface area (Å²) in [4.78, 5) is 35.7. The lowest BCUT2D eigenvalue weighted by atomic mass is 9.99. The van der Waals surface area contributed by atoms with Gasteiger partial charge in [-0.1, -0.05) is 37.5 Å². The summed E-state index contributed by atoms with van der Waals surface area (Å²) in [6, 6.07) is 4.58. The first-order valence-corrected chi connectivity index (χ1v) is 7.91. The smallest absolute Gasteiger partial charge is 0.338 e. The monoisotopic (exact) mass is 335 g/mol. The van der Waals surface area contributed by atoms with E-state index < -0.39 is 30.5 Å². The summed E-state index contributed by atoms with van der Waals surface area (Å²) < 4.78 is 9.72. The highest BCUT2D eigenvalue weighted by Gasteiger charge is 2.27. The number of amides is 1. The van der Waals surface area contributed by atoms with Crippen molar-refractivity contribution in [3.8, 4) is 0 Å². The van der Waals surface area contributed by atoms with Gasteiger partial charge in [-0.15, -0.1) is 0 Å². The highest BCUT2D eigenvalue weighted by molar-refractivity contribution is 5.92. The average molecular weight is 335 g/mol. The zero-order valence-electron chi connectivity index (χ0n) is 14.8. The molecule has 132 valence electrons. The second-order valence-electron chi connectivity index (χ2n) is 5.91. The molecule has 6 nitrogen and oxygen atoms in total. The van der Waals surface area contributed by atoms with Crippen LogP contribution in [-0.2, 0) is 19.1 Å². The Hall–Kier alpha value is -2.37. The van der Waals surface area contributed by atoms with Gasteiger partial charge in [0.25, 0.3) is 5.91 Å². The second kappa shape index (κ2) is 9.05. The van der Waals surface area contributed by atoms with E-state index in [9.17, 15) is 14.4 Å². The molecule has 0 saturated heterocycles. The number of hydrogen-bond donors (Lipinski definition) is 1. The van der Waals surface area contributed by atoms with E-state index in [2.05, 4.69) is 5.32 Å². The van der Waals surface area contributed by atoms with Crippen LogP contribution in [0.25, 0.3) is 0 Å². The SMILES string of the molecule is CC[C@@H](C)[C@@H](NC(=O)COC(=O)c1cc(C)cc(C)c1)C(=O)OC. The van der Waals surface area contributed by atoms with Crippen molar-refractivity contribution in [2.24, 2.45) is 5.92 Å². The van der Waals surface area contributed by atoms with Crippen molar-refractivity contribution in [2.45, 2.75) is 40.2 Å². The summed E-state index contributed by atoms with van der Waals surface area (Å²) in [5.41, 5.74) is 2.27. The molecule has 0 heterocycles. The average Bonchev–Trinajstić information content (AvgIpc) is 2.55. The van der Waals surface area contributed by atoms with Crippen LogP contribution in [0.5, 0.6) is 0 Å². The first kappa shape index (κ1) is 19.7. The maximum Gasteiger partial charge on any atom is 0.338 e. The third-order valence-electron chi connectivity index (χ3n) is 3.78. The van der Waals surface area contributed by atoms with Crippen LogP contribution >= 0.6 is 0 Å². The number of ether oxygens (including phenoxy) is 2. The lowest BCUT2D eigenvalue weighted by molar-refractivity contribution is -0.147. The fourth-order valence-corrected chi connectivity index (χ4v) is 2.32.